The summed E-state index contributed by atoms with van der Waals surface area (Å²) in [4.78, 5) is 26.3. The van der Waals surface area contributed by atoms with Crippen LogP contribution in [0.3, 0.4) is 0 Å². The molecule has 3 N–H and O–H groups in total. The Morgan fingerprint density at radius 3 is 2.52 bits per heavy atom. The van der Waals surface area contributed by atoms with Crippen LogP contribution in [0.25, 0.3) is 6.08 Å². The van der Waals surface area contributed by atoms with Crippen LogP contribution in [0.1, 0.15) is 41.4 Å². The van der Waals surface area contributed by atoms with Crippen LogP contribution in [0.5, 0.6) is 0 Å². The first-order valence-corrected chi connectivity index (χ1v) is 7.59. The molecule has 23 heavy (non-hydrogen) atoms. The average Bonchev–Trinajstić information content (AvgIpc) is 3.05. The van der Waals surface area contributed by atoms with E-state index in [1.54, 1.807) is 30.5 Å². The van der Waals surface area contributed by atoms with Gasteiger partial charge in [-0.25, -0.2) is 4.79 Å². The van der Waals surface area contributed by atoms with E-state index in [-0.39, 0.29) is 5.70 Å². The van der Waals surface area contributed by atoms with Crippen molar-refractivity contribution in [2.45, 2.75) is 26.2 Å². The molecule has 0 aliphatic rings. The summed E-state index contributed by atoms with van der Waals surface area (Å²) in [6.07, 6.45) is 6.27. The van der Waals surface area contributed by atoms with Crippen LogP contribution in [0.4, 0.5) is 0 Å². The Labute approximate surface area is 135 Å². The highest BCUT2D eigenvalue weighted by atomic mass is 16.4. The van der Waals surface area contributed by atoms with E-state index in [1.807, 2.05) is 12.1 Å². The number of aryl methyl sites for hydroxylation is 1. The lowest BCUT2D eigenvalue weighted by atomic mass is 10.1. The summed E-state index contributed by atoms with van der Waals surface area (Å²) in [7, 11) is 0. The van der Waals surface area contributed by atoms with Gasteiger partial charge in [0.2, 0.25) is 0 Å². The van der Waals surface area contributed by atoms with E-state index < -0.39 is 11.9 Å². The van der Waals surface area contributed by atoms with Crippen molar-refractivity contribution in [1.82, 2.24) is 10.3 Å². The number of nitrogens with one attached hydrogen (secondary N) is 2. The third-order valence-electron chi connectivity index (χ3n) is 3.44. The van der Waals surface area contributed by atoms with E-state index >= 15 is 0 Å². The van der Waals surface area contributed by atoms with Gasteiger partial charge in [0.15, 0.2) is 0 Å². The van der Waals surface area contributed by atoms with Gasteiger partial charge in [0.25, 0.3) is 5.91 Å². The largest absolute Gasteiger partial charge is 0.477 e. The molecule has 0 spiro atoms. The van der Waals surface area contributed by atoms with E-state index in [1.165, 1.54) is 11.6 Å². The average molecular weight is 312 g/mol. The highest BCUT2D eigenvalue weighted by Gasteiger charge is 2.13. The molecular formula is C18H20N2O3. The van der Waals surface area contributed by atoms with Crippen molar-refractivity contribution in [2.24, 2.45) is 0 Å². The van der Waals surface area contributed by atoms with Crippen LogP contribution in [0.15, 0.2) is 48.3 Å². The van der Waals surface area contributed by atoms with Crippen LogP contribution in [-0.4, -0.2) is 22.0 Å². The van der Waals surface area contributed by atoms with E-state index in [4.69, 9.17) is 0 Å². The maximum atomic E-state index is 12.2. The lowest BCUT2D eigenvalue weighted by Gasteiger charge is -2.07. The Hall–Kier alpha value is -2.82. The van der Waals surface area contributed by atoms with Gasteiger partial charge >= 0.3 is 5.97 Å². The minimum Gasteiger partial charge on any atom is -0.477 e. The normalized spacial score (nSPS) is 11.3. The minimum absolute atomic E-state index is 0.174. The quantitative estimate of drug-likeness (QED) is 0.687. The van der Waals surface area contributed by atoms with E-state index in [0.29, 0.717) is 11.3 Å². The summed E-state index contributed by atoms with van der Waals surface area (Å²) < 4.78 is 0. The number of aromatic amines is 1. The van der Waals surface area contributed by atoms with Crippen LogP contribution < -0.4 is 5.32 Å². The predicted octanol–water partition coefficient (Wildman–Crippen LogP) is 3.21. The number of carboxylic acids is 1. The molecular weight excluding hydrogens is 292 g/mol. The first-order valence-electron chi connectivity index (χ1n) is 7.59. The number of benzene rings is 1. The van der Waals surface area contributed by atoms with Crippen molar-refractivity contribution in [3.8, 4) is 0 Å². The van der Waals surface area contributed by atoms with Crippen molar-refractivity contribution in [1.29, 1.82) is 0 Å². The van der Waals surface area contributed by atoms with Gasteiger partial charge in [-0.05, 0) is 48.7 Å². The Kier molecular flexibility index (Phi) is 5.74. The highest BCUT2D eigenvalue weighted by Crippen LogP contribution is 2.09. The van der Waals surface area contributed by atoms with Gasteiger partial charge < -0.3 is 15.4 Å². The molecule has 1 aromatic heterocycles. The van der Waals surface area contributed by atoms with Gasteiger partial charge in [-0.15, -0.1) is 0 Å². The van der Waals surface area contributed by atoms with Crippen molar-refractivity contribution < 1.29 is 14.7 Å². The maximum Gasteiger partial charge on any atom is 0.352 e. The number of hydrogen-bond donors (Lipinski definition) is 3. The fourth-order valence-corrected chi connectivity index (χ4v) is 2.14. The molecule has 5 heteroatoms. The molecule has 2 aromatic rings. The second kappa shape index (κ2) is 7.98. The molecule has 0 unspecified atom stereocenters. The number of carbonyl (C=O) groups is 2. The number of unbranched alkanes of at least 4 members (excludes halogenated alkanes) is 1. The van der Waals surface area contributed by atoms with Gasteiger partial charge in [-0.1, -0.05) is 25.5 Å². The molecule has 0 bridgehead atoms. The molecule has 0 aliphatic heterocycles. The second-order valence-corrected chi connectivity index (χ2v) is 5.24. The molecule has 0 aliphatic carbocycles. The Morgan fingerprint density at radius 1 is 1.22 bits per heavy atom. The lowest BCUT2D eigenvalue weighted by Crippen LogP contribution is -2.27. The standard InChI is InChI=1S/C18H20N2O3/c1-2-3-5-13-7-9-14(10-8-13)17(21)20-16(18(22)23)12-15-6-4-11-19-15/h4,6-12,19H,2-3,5H2,1H3,(H,20,21)(H,22,23). The van der Waals surface area contributed by atoms with E-state index in [2.05, 4.69) is 17.2 Å². The number of rotatable bonds is 7. The first kappa shape index (κ1) is 16.5. The SMILES string of the molecule is CCCCc1ccc(C(=O)NC(=Cc2ccc[nH]2)C(=O)O)cc1. The number of H-pyrrole nitrogens is 1. The van der Waals surface area contributed by atoms with Crippen LogP contribution in [-0.2, 0) is 11.2 Å². The number of amides is 1. The van der Waals surface area contributed by atoms with Gasteiger partial charge in [0, 0.05) is 17.5 Å². The third kappa shape index (κ3) is 4.85. The molecule has 0 saturated carbocycles. The topological polar surface area (TPSA) is 82.2 Å². The third-order valence-corrected chi connectivity index (χ3v) is 3.44. The molecule has 120 valence electrons. The maximum absolute atomic E-state index is 12.2. The summed E-state index contributed by atoms with van der Waals surface area (Å²) in [6, 6.07) is 10.7. The zero-order valence-electron chi connectivity index (χ0n) is 13.0. The molecule has 0 saturated heterocycles. The first-order chi connectivity index (χ1) is 11.1. The molecule has 0 fully saturated rings. The molecule has 1 amide bonds. The summed E-state index contributed by atoms with van der Waals surface area (Å²) in [5.74, 6) is -1.63. The van der Waals surface area contributed by atoms with E-state index in [0.717, 1.165) is 19.3 Å². The number of aromatic nitrogens is 1. The monoisotopic (exact) mass is 312 g/mol. The molecule has 0 atom stereocenters. The molecule has 1 aromatic carbocycles. The van der Waals surface area contributed by atoms with Crippen LogP contribution >= 0.6 is 0 Å². The van der Waals surface area contributed by atoms with E-state index in [9.17, 15) is 14.7 Å². The summed E-state index contributed by atoms with van der Waals surface area (Å²) in [5.41, 5.74) is 2.04. The van der Waals surface area contributed by atoms with Gasteiger partial charge in [-0.3, -0.25) is 4.79 Å². The second-order valence-electron chi connectivity index (χ2n) is 5.24. The zero-order valence-corrected chi connectivity index (χ0v) is 13.0. The summed E-state index contributed by atoms with van der Waals surface area (Å²) in [5, 5.41) is 11.6. The smallest absolute Gasteiger partial charge is 0.352 e. The molecule has 2 rings (SSSR count). The number of hydrogen-bond acceptors (Lipinski definition) is 2. The summed E-state index contributed by atoms with van der Waals surface area (Å²) >= 11 is 0. The highest BCUT2D eigenvalue weighted by molar-refractivity contribution is 6.02. The Balaban J connectivity index is 2.08. The number of carboxylic acid groups (broad SMARTS) is 1. The molecule has 5 nitrogen and oxygen atoms in total. The molecule has 1 heterocycles. The summed E-state index contributed by atoms with van der Waals surface area (Å²) in [6.45, 7) is 2.13. The lowest BCUT2D eigenvalue weighted by molar-refractivity contribution is -0.132. The Morgan fingerprint density at radius 2 is 1.96 bits per heavy atom. The fourth-order valence-electron chi connectivity index (χ4n) is 2.14. The molecule has 0 radical (unpaired) electrons. The van der Waals surface area contributed by atoms with Gasteiger partial charge in [0.1, 0.15) is 5.70 Å². The van der Waals surface area contributed by atoms with Gasteiger partial charge in [-0.2, -0.15) is 0 Å². The number of carbonyl (C=O) groups excluding carboxylic acids is 1. The van der Waals surface area contributed by atoms with Crippen LogP contribution in [0, 0.1) is 0 Å². The van der Waals surface area contributed by atoms with Crippen molar-refractivity contribution >= 4 is 18.0 Å². The predicted molar refractivity (Wildman–Crippen MR) is 88.9 cm³/mol. The van der Waals surface area contributed by atoms with Crippen LogP contribution in [0.2, 0.25) is 0 Å². The fraction of sp³-hybridized carbons (Fsp3) is 0.222. The van der Waals surface area contributed by atoms with Crippen molar-refractivity contribution in [3.05, 3.63) is 65.1 Å². The number of aliphatic carboxylic acids is 1. The van der Waals surface area contributed by atoms with Crippen molar-refractivity contribution in [3.63, 3.8) is 0 Å². The Bertz CT molecular complexity index is 686. The zero-order chi connectivity index (χ0) is 16.7. The minimum atomic E-state index is -1.19. The van der Waals surface area contributed by atoms with Gasteiger partial charge in [0.05, 0.1) is 0 Å². The van der Waals surface area contributed by atoms with Crippen molar-refractivity contribution in [2.75, 3.05) is 0 Å².